The molecule has 1 N–H and O–H groups in total. The second-order valence-electron chi connectivity index (χ2n) is 10.2. The molecule has 1 amide bonds. The van der Waals surface area contributed by atoms with Gasteiger partial charge in [-0.1, -0.05) is 128 Å². The molecule has 0 unspecified atom stereocenters. The summed E-state index contributed by atoms with van der Waals surface area (Å²) in [6.07, 6.45) is 27.8. The van der Waals surface area contributed by atoms with E-state index in [9.17, 15) is 4.79 Å². The fraction of sp³-hybridized carbons (Fsp3) is 0.767. The van der Waals surface area contributed by atoms with Crippen molar-refractivity contribution in [3.8, 4) is 0 Å². The molecule has 1 aliphatic rings. The maximum absolute atomic E-state index is 12.2. The Morgan fingerprint density at radius 2 is 1.16 bits per heavy atom. The lowest BCUT2D eigenvalue weighted by Gasteiger charge is -2.22. The fourth-order valence-corrected chi connectivity index (χ4v) is 5.15. The number of benzene rings is 1. The molecule has 0 heterocycles. The lowest BCUT2D eigenvalue weighted by Crippen LogP contribution is -2.11. The third-order valence-corrected chi connectivity index (χ3v) is 7.28. The molecule has 32 heavy (non-hydrogen) atoms. The normalized spacial score (nSPS) is 14.5. The molecule has 1 saturated carbocycles. The molecule has 0 bridgehead atoms. The van der Waals surface area contributed by atoms with Gasteiger partial charge in [-0.25, -0.2) is 0 Å². The van der Waals surface area contributed by atoms with Gasteiger partial charge in [0.1, 0.15) is 0 Å². The third-order valence-electron chi connectivity index (χ3n) is 7.28. The quantitative estimate of drug-likeness (QED) is 0.226. The Balaban J connectivity index is 1.38. The minimum absolute atomic E-state index is 0.171. The lowest BCUT2D eigenvalue weighted by molar-refractivity contribution is -0.116. The molecule has 2 nitrogen and oxygen atoms in total. The summed E-state index contributed by atoms with van der Waals surface area (Å²) in [7, 11) is 0. The van der Waals surface area contributed by atoms with Crippen LogP contribution in [-0.4, -0.2) is 5.91 Å². The molecule has 0 saturated heterocycles. The molecule has 182 valence electrons. The SMILES string of the molecule is CCCCCCCCCCCCCCCCCC(=O)Nc1ccc(C2CCCCC2)cc1. The number of hydrogen-bond donors (Lipinski definition) is 1. The monoisotopic (exact) mass is 441 g/mol. The van der Waals surface area contributed by atoms with Gasteiger partial charge in [-0.3, -0.25) is 4.79 Å². The smallest absolute Gasteiger partial charge is 0.224 e. The van der Waals surface area contributed by atoms with Gasteiger partial charge < -0.3 is 5.32 Å². The van der Waals surface area contributed by atoms with Gasteiger partial charge in [0, 0.05) is 12.1 Å². The molecule has 0 radical (unpaired) electrons. The van der Waals surface area contributed by atoms with Gasteiger partial charge in [-0.2, -0.15) is 0 Å². The van der Waals surface area contributed by atoms with Crippen molar-refractivity contribution in [2.24, 2.45) is 0 Å². The second-order valence-corrected chi connectivity index (χ2v) is 10.2. The topological polar surface area (TPSA) is 29.1 Å². The van der Waals surface area contributed by atoms with Crippen molar-refractivity contribution in [2.45, 2.75) is 148 Å². The molecule has 0 spiro atoms. The first-order valence-corrected chi connectivity index (χ1v) is 14.2. The first kappa shape index (κ1) is 26.9. The molecule has 2 rings (SSSR count). The zero-order chi connectivity index (χ0) is 22.7. The highest BCUT2D eigenvalue weighted by molar-refractivity contribution is 5.90. The van der Waals surface area contributed by atoms with E-state index < -0.39 is 0 Å². The van der Waals surface area contributed by atoms with Crippen LogP contribution in [0.1, 0.15) is 153 Å². The van der Waals surface area contributed by atoms with Gasteiger partial charge in [0.15, 0.2) is 0 Å². The minimum Gasteiger partial charge on any atom is -0.326 e. The van der Waals surface area contributed by atoms with Crippen molar-refractivity contribution in [2.75, 3.05) is 5.32 Å². The van der Waals surface area contributed by atoms with Crippen LogP contribution < -0.4 is 5.32 Å². The number of carbonyl (C=O) groups is 1. The average molecular weight is 442 g/mol. The first-order chi connectivity index (χ1) is 15.8. The Labute approximate surface area is 199 Å². The molecule has 0 aliphatic heterocycles. The third kappa shape index (κ3) is 12.7. The van der Waals surface area contributed by atoms with E-state index in [0.717, 1.165) is 18.0 Å². The van der Waals surface area contributed by atoms with Gasteiger partial charge in [-0.05, 0) is 42.9 Å². The van der Waals surface area contributed by atoms with Crippen LogP contribution in [0.4, 0.5) is 5.69 Å². The number of unbranched alkanes of at least 4 members (excludes halogenated alkanes) is 14. The Hall–Kier alpha value is -1.31. The zero-order valence-corrected chi connectivity index (χ0v) is 21.1. The molecule has 1 aliphatic carbocycles. The van der Waals surface area contributed by atoms with E-state index in [1.165, 1.54) is 128 Å². The van der Waals surface area contributed by atoms with E-state index in [0.29, 0.717) is 6.42 Å². The fourth-order valence-electron chi connectivity index (χ4n) is 5.15. The predicted molar refractivity (Wildman–Crippen MR) is 140 cm³/mol. The second kappa shape index (κ2) is 18.2. The van der Waals surface area contributed by atoms with Gasteiger partial charge >= 0.3 is 0 Å². The van der Waals surface area contributed by atoms with Crippen molar-refractivity contribution in [1.82, 2.24) is 0 Å². The van der Waals surface area contributed by atoms with E-state index in [1.54, 1.807) is 0 Å². The van der Waals surface area contributed by atoms with Crippen molar-refractivity contribution in [1.29, 1.82) is 0 Å². The van der Waals surface area contributed by atoms with Gasteiger partial charge in [0.05, 0.1) is 0 Å². The maximum atomic E-state index is 12.2. The van der Waals surface area contributed by atoms with E-state index >= 15 is 0 Å². The number of nitrogens with one attached hydrogen (secondary N) is 1. The molecule has 0 aromatic heterocycles. The highest BCUT2D eigenvalue weighted by Gasteiger charge is 2.15. The Morgan fingerprint density at radius 1 is 0.688 bits per heavy atom. The summed E-state index contributed by atoms with van der Waals surface area (Å²) in [6, 6.07) is 8.63. The van der Waals surface area contributed by atoms with Gasteiger partial charge in [0.2, 0.25) is 5.91 Å². The van der Waals surface area contributed by atoms with Crippen LogP contribution >= 0.6 is 0 Å². The number of hydrogen-bond acceptors (Lipinski definition) is 1. The molecule has 1 fully saturated rings. The Morgan fingerprint density at radius 3 is 1.66 bits per heavy atom. The summed E-state index contributed by atoms with van der Waals surface area (Å²) in [5.41, 5.74) is 2.40. The van der Waals surface area contributed by atoms with Crippen LogP contribution in [0.25, 0.3) is 0 Å². The number of amides is 1. The summed E-state index contributed by atoms with van der Waals surface area (Å²) in [4.78, 5) is 12.2. The van der Waals surface area contributed by atoms with Crippen LogP contribution in [0.3, 0.4) is 0 Å². The van der Waals surface area contributed by atoms with Crippen molar-refractivity contribution in [3.63, 3.8) is 0 Å². The Bertz CT molecular complexity index is 573. The van der Waals surface area contributed by atoms with Gasteiger partial charge in [0.25, 0.3) is 0 Å². The molecule has 0 atom stereocenters. The minimum atomic E-state index is 0.171. The molecule has 1 aromatic carbocycles. The highest BCUT2D eigenvalue weighted by atomic mass is 16.1. The summed E-state index contributed by atoms with van der Waals surface area (Å²) < 4.78 is 0. The lowest BCUT2D eigenvalue weighted by atomic mass is 9.84. The predicted octanol–water partition coefficient (Wildman–Crippen LogP) is 9.93. The summed E-state index contributed by atoms with van der Waals surface area (Å²) >= 11 is 0. The number of carbonyl (C=O) groups excluding carboxylic acids is 1. The molecule has 2 heteroatoms. The first-order valence-electron chi connectivity index (χ1n) is 14.2. The average Bonchev–Trinajstić information content (AvgIpc) is 2.82. The van der Waals surface area contributed by atoms with E-state index in [-0.39, 0.29) is 5.91 Å². The molecule has 1 aromatic rings. The van der Waals surface area contributed by atoms with Crippen molar-refractivity contribution < 1.29 is 4.79 Å². The largest absolute Gasteiger partial charge is 0.326 e. The number of rotatable bonds is 18. The standard InChI is InChI=1S/C30H51NO/c1-2-3-4-5-6-7-8-9-10-11-12-13-14-15-19-22-30(32)31-29-25-23-28(24-26-29)27-20-17-16-18-21-27/h23-27H,2-22H2,1H3,(H,31,32). The summed E-state index contributed by atoms with van der Waals surface area (Å²) in [5, 5.41) is 3.08. The Kier molecular flexibility index (Phi) is 15.3. The van der Waals surface area contributed by atoms with Crippen LogP contribution in [0.5, 0.6) is 0 Å². The van der Waals surface area contributed by atoms with E-state index in [2.05, 4.69) is 36.5 Å². The summed E-state index contributed by atoms with van der Waals surface area (Å²) in [6.45, 7) is 2.29. The number of anilines is 1. The molecular formula is C30H51NO. The van der Waals surface area contributed by atoms with Gasteiger partial charge in [-0.15, -0.1) is 0 Å². The highest BCUT2D eigenvalue weighted by Crippen LogP contribution is 2.33. The van der Waals surface area contributed by atoms with Crippen molar-refractivity contribution >= 4 is 11.6 Å². The van der Waals surface area contributed by atoms with Crippen LogP contribution in [0.15, 0.2) is 24.3 Å². The molecular weight excluding hydrogens is 390 g/mol. The van der Waals surface area contributed by atoms with E-state index in [4.69, 9.17) is 0 Å². The van der Waals surface area contributed by atoms with Crippen LogP contribution in [0.2, 0.25) is 0 Å². The maximum Gasteiger partial charge on any atom is 0.224 e. The zero-order valence-electron chi connectivity index (χ0n) is 21.1. The van der Waals surface area contributed by atoms with Crippen molar-refractivity contribution in [3.05, 3.63) is 29.8 Å². The summed E-state index contributed by atoms with van der Waals surface area (Å²) in [5.74, 6) is 0.902. The van der Waals surface area contributed by atoms with E-state index in [1.807, 2.05) is 0 Å². The van der Waals surface area contributed by atoms with Crippen LogP contribution in [-0.2, 0) is 4.79 Å². The van der Waals surface area contributed by atoms with Crippen LogP contribution in [0, 0.1) is 0 Å².